The van der Waals surface area contributed by atoms with Crippen LogP contribution in [0.5, 0.6) is 11.5 Å². The first kappa shape index (κ1) is 56.9. The van der Waals surface area contributed by atoms with E-state index in [9.17, 15) is 48.4 Å². The predicted molar refractivity (Wildman–Crippen MR) is 269 cm³/mol. The van der Waals surface area contributed by atoms with Crippen molar-refractivity contribution < 1.29 is 72.1 Å². The van der Waals surface area contributed by atoms with Gasteiger partial charge in [0.15, 0.2) is 16.9 Å². The molecule has 0 aromatic heterocycles. The van der Waals surface area contributed by atoms with Gasteiger partial charge in [0.25, 0.3) is 11.7 Å². The lowest BCUT2D eigenvalue weighted by Gasteiger charge is -2.39. The topological polar surface area (TPSA) is 278 Å². The molecule has 5 bridgehead atoms. The zero-order chi connectivity index (χ0) is 53.9. The number of nitrogens with one attached hydrogen (secondary N) is 3. The van der Waals surface area contributed by atoms with Gasteiger partial charge in [0, 0.05) is 81.0 Å². The van der Waals surface area contributed by atoms with E-state index < -0.39 is 135 Å². The number of phenols is 1. The van der Waals surface area contributed by atoms with E-state index in [2.05, 4.69) is 34.7 Å². The summed E-state index contributed by atoms with van der Waals surface area (Å²) in [5.41, 5.74) is -0.160. The maximum Gasteiger partial charge on any atom is 0.325 e. The van der Waals surface area contributed by atoms with E-state index in [1.54, 1.807) is 46.8 Å². The fraction of sp³-hybridized carbons (Fsp3) is 0.608. The molecule has 1 aromatic carbocycles. The Hall–Kier alpha value is -5.36. The number of allylic oxidation sites excluding steroid dienone is 2. The molecule has 4 heterocycles. The SMILES string of the molecule is CO[C@H]1/C=C/O[C@@]2(C)Oc3c(C)c(O)c4c(c3C2=O)C2=NC3(CCN(CC(C)C)CC3)NC2C(=C4O)NC(=O)/C(C)=C\C=C\[C@H](C)[C@H](OC(=O)CNC(=O)CC(P=O)P=O)[C@@H](C)[C@@H](O)[C@@H](C)[C@H](OC(C)=O)[C@@H]1C. The molecule has 0 saturated carbocycles. The van der Waals surface area contributed by atoms with Crippen molar-refractivity contribution in [1.29, 1.82) is 0 Å². The van der Waals surface area contributed by atoms with Crippen molar-refractivity contribution in [3.05, 3.63) is 64.1 Å². The summed E-state index contributed by atoms with van der Waals surface area (Å²) in [4.78, 5) is 75.3. The highest BCUT2D eigenvalue weighted by atomic mass is 31.1. The molecule has 5 aliphatic rings. The summed E-state index contributed by atoms with van der Waals surface area (Å²) in [5.74, 6) is -8.99. The van der Waals surface area contributed by atoms with E-state index in [0.717, 1.165) is 6.54 Å². The molecule has 20 nitrogen and oxygen atoms in total. The number of aromatic hydroxyl groups is 1. The van der Waals surface area contributed by atoms with Crippen molar-refractivity contribution >= 4 is 57.9 Å². The summed E-state index contributed by atoms with van der Waals surface area (Å²) in [6.45, 7) is 18.5. The van der Waals surface area contributed by atoms with Crippen LogP contribution in [0.1, 0.15) is 109 Å². The average molecular weight is 1050 g/mol. The lowest BCUT2D eigenvalue weighted by atomic mass is 9.78. The Morgan fingerprint density at radius 1 is 0.973 bits per heavy atom. The number of carbonyl (C=O) groups excluding carboxylic acids is 5. The number of piperidine rings is 1. The summed E-state index contributed by atoms with van der Waals surface area (Å²) in [6.07, 6.45) is 3.91. The zero-order valence-electron chi connectivity index (χ0n) is 43.2. The summed E-state index contributed by atoms with van der Waals surface area (Å²) >= 11 is 0. The van der Waals surface area contributed by atoms with Crippen LogP contribution in [0.25, 0.3) is 5.76 Å². The molecule has 1 saturated heterocycles. The number of rotatable bonds is 11. The number of ketones is 1. The first-order chi connectivity index (χ1) is 34.4. The number of likely N-dealkylation sites (tertiary alicyclic amines) is 1. The molecule has 1 fully saturated rings. The van der Waals surface area contributed by atoms with Crippen LogP contribution in [-0.4, -0.2) is 136 Å². The third-order valence-electron chi connectivity index (χ3n) is 14.4. The smallest absolute Gasteiger partial charge is 0.325 e. The number of aliphatic imine (C=N–C) groups is 1. The third-order valence-corrected chi connectivity index (χ3v) is 15.9. The van der Waals surface area contributed by atoms with E-state index in [-0.39, 0.29) is 45.7 Å². The second-order valence-electron chi connectivity index (χ2n) is 20.3. The van der Waals surface area contributed by atoms with Crippen LogP contribution in [0.3, 0.4) is 0 Å². The van der Waals surface area contributed by atoms with E-state index in [4.69, 9.17) is 28.7 Å². The Morgan fingerprint density at radius 3 is 2.25 bits per heavy atom. The molecule has 4 aliphatic heterocycles. The first-order valence-electron chi connectivity index (χ1n) is 24.6. The normalized spacial score (nSPS) is 31.7. The highest BCUT2D eigenvalue weighted by Crippen LogP contribution is 2.51. The Kier molecular flexibility index (Phi) is 18.3. The van der Waals surface area contributed by atoms with Crippen molar-refractivity contribution in [1.82, 2.24) is 20.9 Å². The minimum atomic E-state index is -2.01. The molecule has 398 valence electrons. The van der Waals surface area contributed by atoms with Gasteiger partial charge in [-0.15, -0.1) is 0 Å². The van der Waals surface area contributed by atoms with Crippen molar-refractivity contribution in [3.63, 3.8) is 0 Å². The molecular formula is C51H69N5O15P2. The number of aliphatic hydroxyl groups is 2. The molecule has 1 unspecified atom stereocenters. The number of aliphatic hydroxyl groups excluding tert-OH is 2. The second kappa shape index (κ2) is 23.5. The number of methoxy groups -OCH3 is 1. The highest BCUT2D eigenvalue weighted by molar-refractivity contribution is 7.44. The maximum absolute atomic E-state index is 14.9. The molecule has 22 heteroatoms. The minimum Gasteiger partial charge on any atom is -0.507 e. The van der Waals surface area contributed by atoms with E-state index >= 15 is 0 Å². The van der Waals surface area contributed by atoms with Gasteiger partial charge in [0.05, 0.1) is 53.5 Å². The number of fused-ring (bicyclic) bond motifs is 3. The van der Waals surface area contributed by atoms with Crippen LogP contribution in [0.15, 0.2) is 46.8 Å². The van der Waals surface area contributed by atoms with E-state index in [0.29, 0.717) is 37.6 Å². The lowest BCUT2D eigenvalue weighted by molar-refractivity contribution is -0.165. The van der Waals surface area contributed by atoms with Gasteiger partial charge in [-0.25, -0.2) is 0 Å². The van der Waals surface area contributed by atoms with Gasteiger partial charge in [-0.2, -0.15) is 0 Å². The van der Waals surface area contributed by atoms with Gasteiger partial charge >= 0.3 is 17.7 Å². The molecule has 2 amide bonds. The van der Waals surface area contributed by atoms with Crippen LogP contribution in [0.2, 0.25) is 0 Å². The Bertz CT molecular complexity index is 2510. The van der Waals surface area contributed by atoms with Crippen molar-refractivity contribution in [2.45, 2.75) is 136 Å². The monoisotopic (exact) mass is 1050 g/mol. The number of benzene rings is 1. The molecule has 1 aromatic rings. The molecular weight excluding hydrogens is 985 g/mol. The van der Waals surface area contributed by atoms with E-state index in [1.165, 1.54) is 46.3 Å². The number of nitrogens with zero attached hydrogens (tertiary/aromatic N) is 2. The Balaban J connectivity index is 1.45. The number of hydrogen-bond acceptors (Lipinski definition) is 18. The summed E-state index contributed by atoms with van der Waals surface area (Å²) in [5, 5.41) is 44.2. The fourth-order valence-corrected chi connectivity index (χ4v) is 11.0. The van der Waals surface area contributed by atoms with Gasteiger partial charge in [0.2, 0.25) is 5.91 Å². The number of carbonyl (C=O) groups is 5. The van der Waals surface area contributed by atoms with Crippen molar-refractivity contribution in [2.75, 3.05) is 33.3 Å². The lowest BCUT2D eigenvalue weighted by Crippen LogP contribution is -2.54. The molecule has 1 spiro atoms. The molecule has 73 heavy (non-hydrogen) atoms. The number of hydrogen-bond donors (Lipinski definition) is 6. The number of esters is 2. The molecule has 10 atom stereocenters. The molecule has 6 rings (SSSR count). The van der Waals surface area contributed by atoms with Crippen LogP contribution < -0.4 is 20.7 Å². The van der Waals surface area contributed by atoms with Gasteiger partial charge < -0.3 is 54.5 Å². The van der Waals surface area contributed by atoms with Gasteiger partial charge in [-0.1, -0.05) is 59.8 Å². The zero-order valence-corrected chi connectivity index (χ0v) is 45.0. The fourth-order valence-electron chi connectivity index (χ4n) is 10.4. The molecule has 1 aliphatic carbocycles. The Morgan fingerprint density at radius 2 is 1.63 bits per heavy atom. The van der Waals surface area contributed by atoms with Crippen molar-refractivity contribution in [3.8, 4) is 11.5 Å². The standard InChI is InChI=1S/C51H69N5O15P2/c1-24(2)23-56-18-16-51(17-19-56)54-39-36-37-43(61)30(8)47-38(36)48(63)50(10,71-47)68-20-15-32(67-11)27(5)46(69-31(9)57)29(7)42(60)28(6)45(70-34(59)22-52-33(58)21-35(72-65)73-66)25(3)13-12-14-26(4)49(64)53-41(44(37)62)40(39)55-51/h12-15,20,24-25,27-29,32,35,40,42,45-46,55,60-62H,16-19,21-23H2,1-11H3,(H,52,58)(H,53,64)/b13-12+,20-15+,26-14-/t25-,27+,28-,29+,32-,40?,42+,45-,46+,50-/m0/s1. The van der Waals surface area contributed by atoms with Gasteiger partial charge in [-0.05, 0) is 38.7 Å². The summed E-state index contributed by atoms with van der Waals surface area (Å²) in [6, 6.07) is -0.947. The van der Waals surface area contributed by atoms with Crippen LogP contribution in [0, 0.1) is 36.5 Å². The largest absolute Gasteiger partial charge is 0.507 e. The quantitative estimate of drug-likeness (QED) is 0.113. The number of ether oxygens (including phenoxy) is 5. The van der Waals surface area contributed by atoms with Crippen LogP contribution >= 0.6 is 16.9 Å². The van der Waals surface area contributed by atoms with E-state index in [1.807, 2.05) is 0 Å². The summed E-state index contributed by atoms with van der Waals surface area (Å²) < 4.78 is 52.7. The first-order valence-corrected chi connectivity index (χ1v) is 26.3. The molecule has 6 N–H and O–H groups in total. The maximum atomic E-state index is 14.9. The van der Waals surface area contributed by atoms with Crippen LogP contribution in [0.4, 0.5) is 0 Å². The second-order valence-corrected chi connectivity index (χ2v) is 22.4. The summed E-state index contributed by atoms with van der Waals surface area (Å²) in [7, 11) is 0.399. The highest BCUT2D eigenvalue weighted by Gasteiger charge is 2.55. The molecule has 0 radical (unpaired) electrons. The average Bonchev–Trinajstić information content (AvgIpc) is 3.85. The number of amides is 2. The number of Topliss-reactive ketones (excluding diaryl/α,β-unsaturated/α-hetero) is 1. The number of phenolic OH excluding ortho intramolecular Hbond substituents is 1. The Labute approximate surface area is 428 Å². The third kappa shape index (κ3) is 12.1. The van der Waals surface area contributed by atoms with Crippen LogP contribution in [-0.2, 0) is 47.3 Å². The predicted octanol–water partition coefficient (Wildman–Crippen LogP) is 5.78. The van der Waals surface area contributed by atoms with Gasteiger partial charge in [-0.3, -0.25) is 43.4 Å². The van der Waals surface area contributed by atoms with Crippen molar-refractivity contribution in [2.24, 2.45) is 34.6 Å². The minimum absolute atomic E-state index is 0.0128. The van der Waals surface area contributed by atoms with Gasteiger partial charge in [0.1, 0.15) is 47.1 Å².